The van der Waals surface area contributed by atoms with Crippen LogP contribution in [0.3, 0.4) is 0 Å². The summed E-state index contributed by atoms with van der Waals surface area (Å²) in [5.74, 6) is -0.447. The fourth-order valence-corrected chi connectivity index (χ4v) is 2.90. The first-order valence-electron chi connectivity index (χ1n) is 7.62. The molecule has 25 heavy (non-hydrogen) atoms. The number of pyridine rings is 1. The zero-order valence-corrected chi connectivity index (χ0v) is 13.9. The molecule has 0 aromatic carbocycles. The maximum Gasteiger partial charge on any atom is 0.288 e. The van der Waals surface area contributed by atoms with E-state index in [1.165, 1.54) is 0 Å². The van der Waals surface area contributed by atoms with Crippen molar-refractivity contribution in [2.45, 2.75) is 12.5 Å². The maximum atomic E-state index is 11.8. The molecule has 1 aliphatic heterocycles. The molecule has 0 radical (unpaired) electrons. The number of primary amides is 1. The van der Waals surface area contributed by atoms with Crippen LogP contribution < -0.4 is 10.6 Å². The molecule has 132 valence electrons. The zero-order valence-electron chi connectivity index (χ0n) is 13.9. The average molecular weight is 346 g/mol. The molecule has 1 amide bonds. The van der Waals surface area contributed by atoms with Gasteiger partial charge in [-0.05, 0) is 6.92 Å². The van der Waals surface area contributed by atoms with E-state index in [0.29, 0.717) is 25.5 Å². The fourth-order valence-electron chi connectivity index (χ4n) is 2.90. The topological polar surface area (TPSA) is 129 Å². The molecule has 2 aromatic heterocycles. The molecule has 1 unspecified atom stereocenters. The van der Waals surface area contributed by atoms with Gasteiger partial charge in [0.1, 0.15) is 17.6 Å². The Hall–Kier alpha value is -3.01. The molecule has 0 bridgehead atoms. The molecule has 0 saturated carbocycles. The summed E-state index contributed by atoms with van der Waals surface area (Å²) < 4.78 is 7.61. The Morgan fingerprint density at radius 3 is 2.84 bits per heavy atom. The number of nitro groups is 1. The standard InChI is InChI=1S/C15H18N6O4/c1-15(10-6-18-19(2)8-10)9-20(3-4-25-15)14-12(13(16)22)5-11(7-17-14)21(23)24/h5-8H,3-4,9H2,1-2H3,(H2,16,22). The monoisotopic (exact) mass is 346 g/mol. The Morgan fingerprint density at radius 1 is 1.48 bits per heavy atom. The predicted molar refractivity (Wildman–Crippen MR) is 88.1 cm³/mol. The largest absolute Gasteiger partial charge is 0.367 e. The van der Waals surface area contributed by atoms with Crippen molar-refractivity contribution in [1.82, 2.24) is 14.8 Å². The van der Waals surface area contributed by atoms with Crippen LogP contribution in [0.5, 0.6) is 0 Å². The lowest BCUT2D eigenvalue weighted by molar-refractivity contribution is -0.385. The molecule has 1 saturated heterocycles. The van der Waals surface area contributed by atoms with E-state index in [-0.39, 0.29) is 11.3 Å². The number of aryl methyl sites for hydroxylation is 1. The van der Waals surface area contributed by atoms with Crippen LogP contribution in [0.15, 0.2) is 24.7 Å². The number of ether oxygens (including phenoxy) is 1. The van der Waals surface area contributed by atoms with Crippen molar-refractivity contribution in [3.8, 4) is 0 Å². The molecule has 0 spiro atoms. The third-order valence-corrected chi connectivity index (χ3v) is 4.22. The lowest BCUT2D eigenvalue weighted by atomic mass is 9.96. The third-order valence-electron chi connectivity index (χ3n) is 4.22. The molecule has 1 fully saturated rings. The van der Waals surface area contributed by atoms with E-state index < -0.39 is 16.4 Å². The summed E-state index contributed by atoms with van der Waals surface area (Å²) in [5, 5.41) is 15.1. The Balaban J connectivity index is 1.96. The van der Waals surface area contributed by atoms with Gasteiger partial charge in [0.25, 0.3) is 11.6 Å². The number of rotatable bonds is 4. The quantitative estimate of drug-likeness (QED) is 0.633. The van der Waals surface area contributed by atoms with Crippen molar-refractivity contribution in [2.24, 2.45) is 12.8 Å². The first kappa shape index (κ1) is 16.8. The highest BCUT2D eigenvalue weighted by atomic mass is 16.6. The van der Waals surface area contributed by atoms with Crippen LogP contribution in [0.2, 0.25) is 0 Å². The second kappa shape index (κ2) is 6.13. The van der Waals surface area contributed by atoms with Crippen LogP contribution in [0, 0.1) is 10.1 Å². The number of hydrogen-bond acceptors (Lipinski definition) is 7. The summed E-state index contributed by atoms with van der Waals surface area (Å²) in [6.07, 6.45) is 4.71. The van der Waals surface area contributed by atoms with E-state index in [1.807, 2.05) is 25.1 Å². The highest BCUT2D eigenvalue weighted by Crippen LogP contribution is 2.32. The van der Waals surface area contributed by atoms with E-state index >= 15 is 0 Å². The number of amides is 1. The Morgan fingerprint density at radius 2 is 2.24 bits per heavy atom. The molecule has 1 aliphatic rings. The number of carbonyl (C=O) groups excluding carboxylic acids is 1. The Labute approximate surface area is 143 Å². The van der Waals surface area contributed by atoms with Crippen LogP contribution in [0.4, 0.5) is 11.5 Å². The first-order chi connectivity index (χ1) is 11.8. The second-order valence-corrected chi connectivity index (χ2v) is 6.09. The number of anilines is 1. The van der Waals surface area contributed by atoms with Gasteiger partial charge in [-0.2, -0.15) is 5.10 Å². The van der Waals surface area contributed by atoms with E-state index in [2.05, 4.69) is 10.1 Å². The third kappa shape index (κ3) is 3.15. The highest BCUT2D eigenvalue weighted by Gasteiger charge is 2.36. The minimum absolute atomic E-state index is 0.0182. The fraction of sp³-hybridized carbons (Fsp3) is 0.400. The maximum absolute atomic E-state index is 11.8. The summed E-state index contributed by atoms with van der Waals surface area (Å²) >= 11 is 0. The van der Waals surface area contributed by atoms with Crippen molar-refractivity contribution >= 4 is 17.4 Å². The molecule has 2 N–H and O–H groups in total. The lowest BCUT2D eigenvalue weighted by Crippen LogP contribution is -2.49. The Bertz CT molecular complexity index is 835. The van der Waals surface area contributed by atoms with Gasteiger partial charge in [0.05, 0.1) is 29.8 Å². The van der Waals surface area contributed by atoms with Gasteiger partial charge in [-0.25, -0.2) is 4.98 Å². The molecule has 3 rings (SSSR count). The Kier molecular flexibility index (Phi) is 4.13. The molecule has 10 nitrogen and oxygen atoms in total. The number of nitrogens with two attached hydrogens (primary N) is 1. The first-order valence-corrected chi connectivity index (χ1v) is 7.62. The number of aromatic nitrogens is 3. The van der Waals surface area contributed by atoms with Gasteiger partial charge in [0.15, 0.2) is 0 Å². The summed E-state index contributed by atoms with van der Waals surface area (Å²) in [6.45, 7) is 3.22. The van der Waals surface area contributed by atoms with Crippen LogP contribution in [-0.4, -0.2) is 45.3 Å². The van der Waals surface area contributed by atoms with Crippen LogP contribution in [0.25, 0.3) is 0 Å². The molecule has 0 aliphatic carbocycles. The van der Waals surface area contributed by atoms with Crippen LogP contribution in [0.1, 0.15) is 22.8 Å². The van der Waals surface area contributed by atoms with Gasteiger partial charge in [0, 0.05) is 31.4 Å². The zero-order chi connectivity index (χ0) is 18.2. The number of carbonyl (C=O) groups is 1. The van der Waals surface area contributed by atoms with Crippen LogP contribution >= 0.6 is 0 Å². The van der Waals surface area contributed by atoms with Crippen molar-refractivity contribution in [1.29, 1.82) is 0 Å². The van der Waals surface area contributed by atoms with E-state index in [4.69, 9.17) is 10.5 Å². The SMILES string of the molecule is Cn1cc(C2(C)CN(c3ncc([N+](=O)[O-])cc3C(N)=O)CCO2)cn1. The number of hydrogen-bond donors (Lipinski definition) is 1. The summed E-state index contributed by atoms with van der Waals surface area (Å²) in [5.41, 5.74) is 5.38. The second-order valence-electron chi connectivity index (χ2n) is 6.09. The molecular formula is C15H18N6O4. The predicted octanol–water partition coefficient (Wildman–Crippen LogP) is 0.574. The van der Waals surface area contributed by atoms with E-state index in [0.717, 1.165) is 17.8 Å². The molecule has 1 atom stereocenters. The molecule has 2 aromatic rings. The smallest absolute Gasteiger partial charge is 0.288 e. The molecule has 10 heteroatoms. The van der Waals surface area contributed by atoms with Crippen molar-refractivity contribution in [3.05, 3.63) is 45.9 Å². The van der Waals surface area contributed by atoms with E-state index in [1.54, 1.807) is 10.9 Å². The highest BCUT2D eigenvalue weighted by molar-refractivity contribution is 5.98. The van der Waals surface area contributed by atoms with Gasteiger partial charge >= 0.3 is 0 Å². The van der Waals surface area contributed by atoms with E-state index in [9.17, 15) is 14.9 Å². The van der Waals surface area contributed by atoms with Crippen LogP contribution in [-0.2, 0) is 17.4 Å². The van der Waals surface area contributed by atoms with Gasteiger partial charge in [-0.15, -0.1) is 0 Å². The number of morpholine rings is 1. The van der Waals surface area contributed by atoms with Crippen molar-refractivity contribution in [3.63, 3.8) is 0 Å². The van der Waals surface area contributed by atoms with Gasteiger partial charge in [-0.3, -0.25) is 19.6 Å². The normalized spacial score (nSPS) is 20.5. The number of nitrogens with zero attached hydrogens (tertiary/aromatic N) is 5. The summed E-state index contributed by atoms with van der Waals surface area (Å²) in [7, 11) is 1.82. The van der Waals surface area contributed by atoms with Crippen molar-refractivity contribution in [2.75, 3.05) is 24.6 Å². The summed E-state index contributed by atoms with van der Waals surface area (Å²) in [4.78, 5) is 28.0. The average Bonchev–Trinajstić information content (AvgIpc) is 3.01. The minimum atomic E-state index is -0.763. The van der Waals surface area contributed by atoms with Gasteiger partial charge < -0.3 is 15.4 Å². The summed E-state index contributed by atoms with van der Waals surface area (Å²) in [6, 6.07) is 1.15. The molecule has 3 heterocycles. The molecular weight excluding hydrogens is 328 g/mol. The minimum Gasteiger partial charge on any atom is -0.367 e. The van der Waals surface area contributed by atoms with Gasteiger partial charge in [0.2, 0.25) is 0 Å². The van der Waals surface area contributed by atoms with Gasteiger partial charge in [-0.1, -0.05) is 0 Å². The van der Waals surface area contributed by atoms with Crippen molar-refractivity contribution < 1.29 is 14.5 Å². The lowest BCUT2D eigenvalue weighted by Gasteiger charge is -2.41.